The van der Waals surface area contributed by atoms with Crippen LogP contribution in [0.4, 0.5) is 0 Å². The molecule has 176 valence electrons. The number of aliphatic carboxylic acids is 1. The number of hydrogen-bond donors (Lipinski definition) is 1. The van der Waals surface area contributed by atoms with Crippen LogP contribution in [0, 0.1) is 0 Å². The van der Waals surface area contributed by atoms with Gasteiger partial charge in [0.2, 0.25) is 0 Å². The molecule has 1 rings (SSSR count). The maximum absolute atomic E-state index is 11.6. The van der Waals surface area contributed by atoms with Crippen molar-refractivity contribution in [3.8, 4) is 0 Å². The first-order valence-electron chi connectivity index (χ1n) is 10.3. The van der Waals surface area contributed by atoms with Crippen molar-refractivity contribution in [3.63, 3.8) is 0 Å². The van der Waals surface area contributed by atoms with E-state index in [0.29, 0.717) is 12.2 Å². The van der Waals surface area contributed by atoms with Gasteiger partial charge in [0.05, 0.1) is 6.61 Å². The third kappa shape index (κ3) is 13.9. The molecule has 0 amide bonds. The van der Waals surface area contributed by atoms with E-state index in [2.05, 4.69) is 20.1 Å². The normalized spacial score (nSPS) is 11.4. The Morgan fingerprint density at radius 2 is 1.72 bits per heavy atom. The molecule has 0 radical (unpaired) electrons. The van der Waals surface area contributed by atoms with E-state index >= 15 is 0 Å². The van der Waals surface area contributed by atoms with Gasteiger partial charge in [-0.15, -0.1) is 0 Å². The van der Waals surface area contributed by atoms with Gasteiger partial charge in [-0.2, -0.15) is 0 Å². The van der Waals surface area contributed by atoms with E-state index < -0.39 is 24.2 Å². The van der Waals surface area contributed by atoms with Crippen molar-refractivity contribution in [2.24, 2.45) is 0 Å². The zero-order valence-corrected chi connectivity index (χ0v) is 19.4. The highest BCUT2D eigenvalue weighted by molar-refractivity contribution is 5.89. The number of unbranched alkanes of at least 4 members (excludes halogenated alkanes) is 1. The molecular weight excluding hydrogens is 412 g/mol. The van der Waals surface area contributed by atoms with E-state index in [1.165, 1.54) is 13.0 Å². The number of carbonyl (C=O) groups is 3. The third-order valence-electron chi connectivity index (χ3n) is 3.97. The van der Waals surface area contributed by atoms with Crippen molar-refractivity contribution in [2.45, 2.75) is 59.9 Å². The van der Waals surface area contributed by atoms with Gasteiger partial charge in [0.25, 0.3) is 0 Å². The van der Waals surface area contributed by atoms with E-state index in [4.69, 9.17) is 19.3 Å². The number of ether oxygens (including phenoxy) is 3. The first-order chi connectivity index (χ1) is 15.1. The molecule has 0 aliphatic heterocycles. The third-order valence-corrected chi connectivity index (χ3v) is 3.97. The Bertz CT molecular complexity index is 794. The molecule has 1 N–H and O–H groups in total. The lowest BCUT2D eigenvalue weighted by Gasteiger charge is -2.13. The van der Waals surface area contributed by atoms with E-state index in [9.17, 15) is 14.4 Å². The number of carbonyl (C=O) groups excluding carboxylic acids is 2. The molecule has 0 fully saturated rings. The van der Waals surface area contributed by atoms with Gasteiger partial charge in [0.1, 0.15) is 6.61 Å². The Labute approximate surface area is 190 Å². The van der Waals surface area contributed by atoms with Crippen molar-refractivity contribution in [1.29, 1.82) is 0 Å². The summed E-state index contributed by atoms with van der Waals surface area (Å²) >= 11 is 0. The quantitative estimate of drug-likeness (QED) is 0.209. The molecule has 0 heterocycles. The molecule has 1 aromatic carbocycles. The minimum Gasteiger partial charge on any atom is -0.478 e. The largest absolute Gasteiger partial charge is 0.478 e. The van der Waals surface area contributed by atoms with Crippen LogP contribution in [0.15, 0.2) is 66.3 Å². The second kappa shape index (κ2) is 16.5. The van der Waals surface area contributed by atoms with E-state index in [-0.39, 0.29) is 24.2 Å². The smallest absolute Gasteiger partial charge is 0.335 e. The SMILES string of the molecule is C=C(C)C(=O)OC(C)OCCCC.C=C(CC=C(C)C(=O)O)C(=O)OCc1ccccc1. The van der Waals surface area contributed by atoms with Crippen LogP contribution in [0.5, 0.6) is 0 Å². The standard InChI is InChI=1S/C15H16O4.C10H18O3/c1-11(14(16)17)8-9-12(2)15(18)19-10-13-6-4-3-5-7-13;1-5-6-7-12-9(4)13-10(11)8(2)3/h3-8H,2,9-10H2,1H3,(H,16,17);9H,2,5-7H2,1,3-4H3. The van der Waals surface area contributed by atoms with Gasteiger partial charge < -0.3 is 19.3 Å². The van der Waals surface area contributed by atoms with Crippen molar-refractivity contribution in [2.75, 3.05) is 6.61 Å². The fourth-order valence-corrected chi connectivity index (χ4v) is 1.95. The lowest BCUT2D eigenvalue weighted by Crippen LogP contribution is -2.18. The maximum atomic E-state index is 11.6. The Hall–Kier alpha value is -3.19. The van der Waals surface area contributed by atoms with Crippen LogP contribution in [0.2, 0.25) is 0 Å². The fourth-order valence-electron chi connectivity index (χ4n) is 1.95. The summed E-state index contributed by atoms with van der Waals surface area (Å²) in [4.78, 5) is 33.2. The minimum absolute atomic E-state index is 0.172. The number of carboxylic acids is 1. The van der Waals surface area contributed by atoms with E-state index in [1.807, 2.05) is 30.3 Å². The summed E-state index contributed by atoms with van der Waals surface area (Å²) < 4.78 is 15.2. The van der Waals surface area contributed by atoms with Gasteiger partial charge >= 0.3 is 17.9 Å². The Morgan fingerprint density at radius 3 is 2.25 bits per heavy atom. The molecule has 0 aromatic heterocycles. The summed E-state index contributed by atoms with van der Waals surface area (Å²) in [6, 6.07) is 9.30. The van der Waals surface area contributed by atoms with Gasteiger partial charge in [-0.05, 0) is 39.2 Å². The zero-order chi connectivity index (χ0) is 24.5. The molecule has 0 bridgehead atoms. The molecule has 1 atom stereocenters. The Kier molecular flexibility index (Phi) is 14.9. The van der Waals surface area contributed by atoms with E-state index in [0.717, 1.165) is 18.4 Å². The molecule has 0 spiro atoms. The summed E-state index contributed by atoms with van der Waals surface area (Å²) in [6.45, 7) is 14.7. The van der Waals surface area contributed by atoms with Crippen molar-refractivity contribution >= 4 is 17.9 Å². The Balaban J connectivity index is 0.000000649. The summed E-state index contributed by atoms with van der Waals surface area (Å²) in [5, 5.41) is 8.67. The van der Waals surface area contributed by atoms with Crippen LogP contribution >= 0.6 is 0 Å². The molecule has 1 unspecified atom stereocenters. The Morgan fingerprint density at radius 1 is 1.09 bits per heavy atom. The number of benzene rings is 1. The number of esters is 2. The first kappa shape index (κ1) is 28.8. The van der Waals surface area contributed by atoms with Gasteiger partial charge in [0, 0.05) is 16.7 Å². The zero-order valence-electron chi connectivity index (χ0n) is 19.4. The number of carboxylic acid groups (broad SMARTS) is 1. The van der Waals surface area contributed by atoms with Crippen LogP contribution in [-0.2, 0) is 35.2 Å². The lowest BCUT2D eigenvalue weighted by atomic mass is 10.1. The summed E-state index contributed by atoms with van der Waals surface area (Å²) in [5.41, 5.74) is 1.69. The number of rotatable bonds is 12. The first-order valence-corrected chi connectivity index (χ1v) is 10.3. The number of allylic oxidation sites excluding steroid dienone is 1. The average Bonchev–Trinajstić information content (AvgIpc) is 2.76. The van der Waals surface area contributed by atoms with Crippen molar-refractivity contribution in [1.82, 2.24) is 0 Å². The molecule has 1 aromatic rings. The van der Waals surface area contributed by atoms with Gasteiger partial charge in [-0.1, -0.05) is 62.9 Å². The molecular formula is C25H34O7. The highest BCUT2D eigenvalue weighted by atomic mass is 16.7. The summed E-state index contributed by atoms with van der Waals surface area (Å²) in [7, 11) is 0. The molecule has 7 heteroatoms. The van der Waals surface area contributed by atoms with Gasteiger partial charge in [-0.3, -0.25) is 0 Å². The van der Waals surface area contributed by atoms with Gasteiger partial charge in [-0.25, -0.2) is 14.4 Å². The average molecular weight is 447 g/mol. The summed E-state index contributed by atoms with van der Waals surface area (Å²) in [6.07, 6.45) is 3.19. The van der Waals surface area contributed by atoms with Crippen LogP contribution < -0.4 is 0 Å². The van der Waals surface area contributed by atoms with Crippen molar-refractivity contribution in [3.05, 3.63) is 71.8 Å². The maximum Gasteiger partial charge on any atom is 0.335 e. The molecule has 0 saturated heterocycles. The fraction of sp³-hybridized carbons (Fsp3) is 0.400. The predicted octanol–water partition coefficient (Wildman–Crippen LogP) is 4.98. The topological polar surface area (TPSA) is 99.1 Å². The summed E-state index contributed by atoms with van der Waals surface area (Å²) in [5.74, 6) is -1.92. The van der Waals surface area contributed by atoms with Crippen LogP contribution in [0.25, 0.3) is 0 Å². The monoisotopic (exact) mass is 446 g/mol. The molecule has 0 saturated carbocycles. The van der Waals surface area contributed by atoms with E-state index in [1.54, 1.807) is 13.8 Å². The molecule has 7 nitrogen and oxygen atoms in total. The highest BCUT2D eigenvalue weighted by Crippen LogP contribution is 2.08. The lowest BCUT2D eigenvalue weighted by molar-refractivity contribution is -0.170. The second-order valence-corrected chi connectivity index (χ2v) is 7.04. The van der Waals surface area contributed by atoms with Gasteiger partial charge in [0.15, 0.2) is 6.29 Å². The second-order valence-electron chi connectivity index (χ2n) is 7.04. The minimum atomic E-state index is -1.01. The van der Waals surface area contributed by atoms with Crippen LogP contribution in [0.1, 0.15) is 52.5 Å². The predicted molar refractivity (Wildman–Crippen MR) is 123 cm³/mol. The van der Waals surface area contributed by atoms with Crippen molar-refractivity contribution < 1.29 is 33.7 Å². The molecule has 0 aliphatic carbocycles. The van der Waals surface area contributed by atoms with Crippen LogP contribution in [0.3, 0.4) is 0 Å². The van der Waals surface area contributed by atoms with Crippen LogP contribution in [-0.4, -0.2) is 35.9 Å². The molecule has 32 heavy (non-hydrogen) atoms. The molecule has 0 aliphatic rings. The highest BCUT2D eigenvalue weighted by Gasteiger charge is 2.10. The number of hydrogen-bond acceptors (Lipinski definition) is 6.